The number of nitrogens with zero attached hydrogens (tertiary/aromatic N) is 2. The van der Waals surface area contributed by atoms with E-state index in [1.54, 1.807) is 0 Å². The van der Waals surface area contributed by atoms with Crippen LogP contribution in [-0.4, -0.2) is 16.3 Å². The fourth-order valence-electron chi connectivity index (χ4n) is 0.890. The number of rotatable bonds is 3. The van der Waals surface area contributed by atoms with E-state index in [1.807, 2.05) is 6.92 Å². The molecule has 1 aromatic heterocycles. The van der Waals surface area contributed by atoms with Crippen molar-refractivity contribution in [3.63, 3.8) is 0 Å². The Morgan fingerprint density at radius 2 is 1.85 bits per heavy atom. The summed E-state index contributed by atoms with van der Waals surface area (Å²) >= 11 is 11.4. The number of aromatic nitrogens is 2. The molecule has 13 heavy (non-hydrogen) atoms. The molecular formula is C8H8Cl2N2O. The van der Waals surface area contributed by atoms with Crippen LogP contribution in [0.1, 0.15) is 29.5 Å². The zero-order chi connectivity index (χ0) is 9.84. The van der Waals surface area contributed by atoms with Gasteiger partial charge in [0.2, 0.25) is 0 Å². The quantitative estimate of drug-likeness (QED) is 0.579. The molecule has 0 unspecified atom stereocenters. The fraction of sp³-hybridized carbons (Fsp3) is 0.375. The molecule has 1 heterocycles. The molecule has 70 valence electrons. The highest BCUT2D eigenvalue weighted by molar-refractivity contribution is 6.36. The van der Waals surface area contributed by atoms with Crippen LogP contribution in [-0.2, 0) is 6.42 Å². The van der Waals surface area contributed by atoms with Crippen molar-refractivity contribution < 1.29 is 4.79 Å². The molecule has 0 spiro atoms. The molecule has 0 aliphatic carbocycles. The first kappa shape index (κ1) is 10.4. The lowest BCUT2D eigenvalue weighted by Crippen LogP contribution is -1.99. The van der Waals surface area contributed by atoms with Crippen molar-refractivity contribution >= 4 is 29.5 Å². The molecule has 0 fully saturated rings. The number of carbonyl (C=O) groups excluding carboxylic acids is 1. The second-order valence-electron chi connectivity index (χ2n) is 2.50. The normalized spacial score (nSPS) is 10.1. The van der Waals surface area contributed by atoms with Gasteiger partial charge in [0.25, 0.3) is 0 Å². The van der Waals surface area contributed by atoms with E-state index in [1.165, 1.54) is 0 Å². The second-order valence-corrected chi connectivity index (χ2v) is 3.22. The van der Waals surface area contributed by atoms with E-state index in [0.717, 1.165) is 6.42 Å². The van der Waals surface area contributed by atoms with Crippen molar-refractivity contribution in [2.45, 2.75) is 19.8 Å². The van der Waals surface area contributed by atoms with Gasteiger partial charge in [-0.15, -0.1) is 0 Å². The summed E-state index contributed by atoms with van der Waals surface area (Å²) in [6.07, 6.45) is 2.17. The first-order valence-corrected chi connectivity index (χ1v) is 4.61. The van der Waals surface area contributed by atoms with Gasteiger partial charge in [0.05, 0.1) is 5.56 Å². The Morgan fingerprint density at radius 1 is 1.31 bits per heavy atom. The van der Waals surface area contributed by atoms with E-state index in [-0.39, 0.29) is 15.9 Å². The van der Waals surface area contributed by atoms with Crippen molar-refractivity contribution in [1.29, 1.82) is 0 Å². The number of aryl methyl sites for hydroxylation is 1. The molecule has 0 saturated heterocycles. The minimum absolute atomic E-state index is 0.124. The van der Waals surface area contributed by atoms with Crippen LogP contribution >= 0.6 is 23.2 Å². The van der Waals surface area contributed by atoms with Gasteiger partial charge < -0.3 is 0 Å². The van der Waals surface area contributed by atoms with Crippen molar-refractivity contribution in [3.05, 3.63) is 21.7 Å². The molecule has 0 amide bonds. The van der Waals surface area contributed by atoms with Crippen LogP contribution < -0.4 is 0 Å². The van der Waals surface area contributed by atoms with E-state index in [2.05, 4.69) is 9.97 Å². The molecule has 0 N–H and O–H groups in total. The maximum Gasteiger partial charge on any atom is 0.156 e. The molecule has 0 bridgehead atoms. The molecule has 0 saturated carbocycles. The zero-order valence-electron chi connectivity index (χ0n) is 7.05. The molecule has 1 aromatic rings. The predicted octanol–water partition coefficient (Wildman–Crippen LogP) is 2.55. The molecule has 0 atom stereocenters. The van der Waals surface area contributed by atoms with Gasteiger partial charge in [0.1, 0.15) is 16.1 Å². The number of hydrogen-bond acceptors (Lipinski definition) is 3. The number of carbonyl (C=O) groups is 1. The van der Waals surface area contributed by atoms with Gasteiger partial charge in [-0.2, -0.15) is 0 Å². The van der Waals surface area contributed by atoms with Crippen LogP contribution in [0.5, 0.6) is 0 Å². The Bertz CT molecular complexity index is 305. The number of hydrogen-bond donors (Lipinski definition) is 0. The summed E-state index contributed by atoms with van der Waals surface area (Å²) in [7, 11) is 0. The summed E-state index contributed by atoms with van der Waals surface area (Å²) in [5.74, 6) is 0.572. The third-order valence-electron chi connectivity index (χ3n) is 1.49. The Balaban J connectivity index is 3.12. The topological polar surface area (TPSA) is 42.9 Å². The van der Waals surface area contributed by atoms with Crippen LogP contribution in [0.4, 0.5) is 0 Å². The van der Waals surface area contributed by atoms with Gasteiger partial charge in [0.15, 0.2) is 6.29 Å². The summed E-state index contributed by atoms with van der Waals surface area (Å²) < 4.78 is 0. The lowest BCUT2D eigenvalue weighted by molar-refractivity contribution is 0.112. The second kappa shape index (κ2) is 4.53. The minimum atomic E-state index is 0.124. The van der Waals surface area contributed by atoms with Gasteiger partial charge in [-0.3, -0.25) is 4.79 Å². The molecule has 0 aromatic carbocycles. The SMILES string of the molecule is CCCc1nc(Cl)c(C=O)c(Cl)n1. The van der Waals surface area contributed by atoms with Gasteiger partial charge in [-0.1, -0.05) is 30.1 Å². The molecule has 0 aliphatic rings. The van der Waals surface area contributed by atoms with Crippen molar-refractivity contribution in [2.75, 3.05) is 0 Å². The predicted molar refractivity (Wildman–Crippen MR) is 51.4 cm³/mol. The molecule has 3 nitrogen and oxygen atoms in total. The minimum Gasteiger partial charge on any atom is -0.298 e. The molecule has 1 rings (SSSR count). The zero-order valence-corrected chi connectivity index (χ0v) is 8.56. The average Bonchev–Trinajstić information content (AvgIpc) is 2.04. The first-order chi connectivity index (χ1) is 6.19. The van der Waals surface area contributed by atoms with Gasteiger partial charge >= 0.3 is 0 Å². The summed E-state index contributed by atoms with van der Waals surface area (Å²) in [6.45, 7) is 2.00. The van der Waals surface area contributed by atoms with E-state index in [0.29, 0.717) is 18.5 Å². The largest absolute Gasteiger partial charge is 0.298 e. The van der Waals surface area contributed by atoms with Crippen LogP contribution in [0.3, 0.4) is 0 Å². The van der Waals surface area contributed by atoms with Gasteiger partial charge in [-0.05, 0) is 6.42 Å². The third kappa shape index (κ3) is 2.39. The summed E-state index contributed by atoms with van der Waals surface area (Å²) in [6, 6.07) is 0. The highest BCUT2D eigenvalue weighted by Crippen LogP contribution is 2.19. The van der Waals surface area contributed by atoms with Crippen LogP contribution in [0.25, 0.3) is 0 Å². The molecule has 5 heteroatoms. The fourth-order valence-corrected chi connectivity index (χ4v) is 1.40. The van der Waals surface area contributed by atoms with E-state index >= 15 is 0 Å². The van der Waals surface area contributed by atoms with Crippen LogP contribution in [0, 0.1) is 0 Å². The van der Waals surface area contributed by atoms with Crippen molar-refractivity contribution in [1.82, 2.24) is 9.97 Å². The maximum atomic E-state index is 10.5. The summed E-state index contributed by atoms with van der Waals surface area (Å²) in [5.41, 5.74) is 0.156. The Kier molecular flexibility index (Phi) is 3.63. The first-order valence-electron chi connectivity index (χ1n) is 3.86. The number of halogens is 2. The van der Waals surface area contributed by atoms with Gasteiger partial charge in [-0.25, -0.2) is 9.97 Å². The molecule has 0 radical (unpaired) electrons. The highest BCUT2D eigenvalue weighted by Gasteiger charge is 2.09. The average molecular weight is 219 g/mol. The van der Waals surface area contributed by atoms with Crippen LogP contribution in [0.15, 0.2) is 0 Å². The van der Waals surface area contributed by atoms with Crippen molar-refractivity contribution in [2.24, 2.45) is 0 Å². The summed E-state index contributed by atoms with van der Waals surface area (Å²) in [5, 5.41) is 0.247. The summed E-state index contributed by atoms with van der Waals surface area (Å²) in [4.78, 5) is 18.3. The molecular weight excluding hydrogens is 211 g/mol. The standard InChI is InChI=1S/C8H8Cl2N2O/c1-2-3-6-11-7(9)5(4-13)8(10)12-6/h4H,2-3H2,1H3. The molecule has 0 aliphatic heterocycles. The lowest BCUT2D eigenvalue weighted by Gasteiger charge is -2.01. The maximum absolute atomic E-state index is 10.5. The Labute approximate surface area is 86.1 Å². The highest BCUT2D eigenvalue weighted by atomic mass is 35.5. The van der Waals surface area contributed by atoms with E-state index < -0.39 is 0 Å². The third-order valence-corrected chi connectivity index (χ3v) is 2.07. The van der Waals surface area contributed by atoms with E-state index in [9.17, 15) is 4.79 Å². The Morgan fingerprint density at radius 3 is 2.23 bits per heavy atom. The van der Waals surface area contributed by atoms with Crippen molar-refractivity contribution in [3.8, 4) is 0 Å². The number of aldehydes is 1. The van der Waals surface area contributed by atoms with Crippen LogP contribution in [0.2, 0.25) is 10.3 Å². The van der Waals surface area contributed by atoms with E-state index in [4.69, 9.17) is 23.2 Å². The lowest BCUT2D eigenvalue weighted by atomic mass is 10.3. The van der Waals surface area contributed by atoms with Gasteiger partial charge in [0, 0.05) is 6.42 Å². The Hall–Kier alpha value is -0.670. The smallest absolute Gasteiger partial charge is 0.156 e. The monoisotopic (exact) mass is 218 g/mol.